The first-order valence-corrected chi connectivity index (χ1v) is 11.8. The van der Waals surface area contributed by atoms with Crippen LogP contribution in [0.2, 0.25) is 4.34 Å². The fourth-order valence-electron chi connectivity index (χ4n) is 3.14. The molecule has 0 radical (unpaired) electrons. The molecule has 1 saturated heterocycles. The second-order valence-electron chi connectivity index (χ2n) is 6.41. The number of nitrogens with two attached hydrogens (primary N) is 1. The van der Waals surface area contributed by atoms with Crippen molar-refractivity contribution in [2.45, 2.75) is 11.4 Å². The highest BCUT2D eigenvalue weighted by atomic mass is 35.5. The van der Waals surface area contributed by atoms with Gasteiger partial charge >= 0.3 is 5.97 Å². The van der Waals surface area contributed by atoms with Crippen molar-refractivity contribution in [3.8, 4) is 0 Å². The first-order chi connectivity index (χ1) is 15.3. The summed E-state index contributed by atoms with van der Waals surface area (Å²) in [5.74, 6) is -2.43. The summed E-state index contributed by atoms with van der Waals surface area (Å²) in [6, 6.07) is 0.768. The number of thioether (sulfide) groups is 1. The molecule has 166 valence electrons. The minimum atomic E-state index is -1.25. The van der Waals surface area contributed by atoms with Crippen LogP contribution in [0.3, 0.4) is 0 Å². The predicted molar refractivity (Wildman–Crippen MR) is 121 cm³/mol. The molecule has 11 nitrogen and oxygen atoms in total. The largest absolute Gasteiger partial charge is 0.477 e. The lowest BCUT2D eigenvalue weighted by Crippen LogP contribution is -2.71. The number of hydrogen-bond acceptors (Lipinski definition) is 11. The number of carboxylic acid groups (broad SMARTS) is 1. The number of allylic oxidation sites excluding steroid dienone is 1. The molecule has 2 aromatic heterocycles. The van der Waals surface area contributed by atoms with E-state index in [1.54, 1.807) is 24.4 Å². The van der Waals surface area contributed by atoms with Gasteiger partial charge in [0, 0.05) is 16.8 Å². The summed E-state index contributed by atoms with van der Waals surface area (Å²) in [6.07, 6.45) is 5.00. The van der Waals surface area contributed by atoms with Gasteiger partial charge in [-0.2, -0.15) is 0 Å². The Morgan fingerprint density at radius 1 is 1.41 bits per heavy atom. The van der Waals surface area contributed by atoms with E-state index in [0.29, 0.717) is 11.3 Å². The summed E-state index contributed by atoms with van der Waals surface area (Å²) in [4.78, 5) is 43.1. The molecule has 4 rings (SSSR count). The maximum atomic E-state index is 12.7. The number of thiazole rings is 1. The van der Waals surface area contributed by atoms with Crippen molar-refractivity contribution in [3.05, 3.63) is 44.5 Å². The lowest BCUT2D eigenvalue weighted by atomic mass is 10.0. The minimum Gasteiger partial charge on any atom is -0.477 e. The molecule has 0 bridgehead atoms. The van der Waals surface area contributed by atoms with Crippen molar-refractivity contribution < 1.29 is 24.7 Å². The Labute approximate surface area is 197 Å². The Kier molecular flexibility index (Phi) is 6.19. The first kappa shape index (κ1) is 22.3. The maximum Gasteiger partial charge on any atom is 0.352 e. The molecule has 2 aromatic rings. The number of oxime groups is 1. The van der Waals surface area contributed by atoms with Gasteiger partial charge in [-0.15, -0.1) is 11.8 Å². The zero-order valence-electron chi connectivity index (χ0n) is 15.8. The summed E-state index contributed by atoms with van der Waals surface area (Å²) >= 11 is 9.42. The third-order valence-electron chi connectivity index (χ3n) is 4.54. The van der Waals surface area contributed by atoms with Gasteiger partial charge in [-0.3, -0.25) is 14.5 Å². The quantitative estimate of drug-likeness (QED) is 0.193. The van der Waals surface area contributed by atoms with E-state index in [9.17, 15) is 24.7 Å². The van der Waals surface area contributed by atoms with E-state index in [2.05, 4.69) is 19.8 Å². The Balaban J connectivity index is 1.53. The van der Waals surface area contributed by atoms with Gasteiger partial charge in [0.1, 0.15) is 27.1 Å². The lowest BCUT2D eigenvalue weighted by molar-refractivity contribution is -0.150. The molecule has 4 heterocycles. The van der Waals surface area contributed by atoms with Crippen LogP contribution >= 0.6 is 46.2 Å². The van der Waals surface area contributed by atoms with E-state index in [-0.39, 0.29) is 20.9 Å². The van der Waals surface area contributed by atoms with Crippen molar-refractivity contribution in [2.24, 2.45) is 5.16 Å². The summed E-state index contributed by atoms with van der Waals surface area (Å²) in [7, 11) is 0. The number of halogens is 1. The molecule has 0 unspecified atom stereocenters. The summed E-state index contributed by atoms with van der Waals surface area (Å²) in [5, 5.41) is 23.8. The maximum absolute atomic E-state index is 12.7. The van der Waals surface area contributed by atoms with Gasteiger partial charge in [-0.1, -0.05) is 34.2 Å². The number of carbonyl (C=O) groups excluding carboxylic acids is 2. The number of amides is 2. The summed E-state index contributed by atoms with van der Waals surface area (Å²) in [6.45, 7) is 0. The smallest absolute Gasteiger partial charge is 0.352 e. The summed E-state index contributed by atoms with van der Waals surface area (Å²) in [5.41, 5.74) is 5.26. The van der Waals surface area contributed by atoms with Gasteiger partial charge < -0.3 is 21.4 Å². The number of rotatable bonds is 6. The standard InChI is InChI=1S/C17H13ClN6O5S3/c18-12-8(22-17(19)31-12)9(23-29)13(25)21-10-14(26)24-11(16(27)28)6(5-30-15(10)24)1-2-7-3-4-20-32-7/h1-4,10,15,29H,5H2,(H2,19,22)(H,21,25)(H,27,28)/b2-1+,23-9-/t10-,15-/m1/s1. The fourth-order valence-corrected chi connectivity index (χ4v) is 5.88. The molecular formula is C17H13ClN6O5S3. The molecule has 0 spiro atoms. The number of carbonyl (C=O) groups is 3. The van der Waals surface area contributed by atoms with Gasteiger partial charge in [-0.25, -0.2) is 14.2 Å². The molecule has 2 aliphatic heterocycles. The van der Waals surface area contributed by atoms with Crippen molar-refractivity contribution >= 4 is 80.9 Å². The van der Waals surface area contributed by atoms with Gasteiger partial charge in [0.25, 0.3) is 11.8 Å². The van der Waals surface area contributed by atoms with Crippen molar-refractivity contribution in [2.75, 3.05) is 11.5 Å². The number of nitrogens with one attached hydrogen (secondary N) is 1. The number of hydrogen-bond donors (Lipinski definition) is 4. The number of nitrogens with zero attached hydrogens (tertiary/aromatic N) is 4. The molecule has 0 saturated carbocycles. The summed E-state index contributed by atoms with van der Waals surface area (Å²) < 4.78 is 4.03. The van der Waals surface area contributed by atoms with Crippen LogP contribution in [0.1, 0.15) is 10.6 Å². The Hall–Kier alpha value is -2.94. The molecule has 2 aliphatic rings. The Morgan fingerprint density at radius 3 is 2.78 bits per heavy atom. The molecule has 15 heteroatoms. The van der Waals surface area contributed by atoms with Crippen LogP contribution in [-0.4, -0.2) is 65.2 Å². The number of aromatic nitrogens is 2. The van der Waals surface area contributed by atoms with Crippen LogP contribution in [0.15, 0.2) is 34.8 Å². The Bertz CT molecular complexity index is 1190. The number of aliphatic carboxylic acids is 1. The predicted octanol–water partition coefficient (Wildman–Crippen LogP) is 1.47. The number of β-lactam (4-membered cyclic amide) rings is 1. The number of nitrogen functional groups attached to an aromatic ring is 1. The molecule has 2 amide bonds. The normalized spacial score (nSPS) is 21.0. The van der Waals surface area contributed by atoms with E-state index >= 15 is 0 Å². The third kappa shape index (κ3) is 3.97. The average Bonchev–Trinajstić information content (AvgIpc) is 3.39. The van der Waals surface area contributed by atoms with Gasteiger partial charge in [0.15, 0.2) is 10.8 Å². The van der Waals surface area contributed by atoms with Gasteiger partial charge in [-0.05, 0) is 29.2 Å². The van der Waals surface area contributed by atoms with Crippen molar-refractivity contribution in [1.29, 1.82) is 0 Å². The van der Waals surface area contributed by atoms with Crippen LogP contribution in [0.4, 0.5) is 5.13 Å². The van der Waals surface area contributed by atoms with E-state index < -0.39 is 34.9 Å². The van der Waals surface area contributed by atoms with Crippen LogP contribution in [0.25, 0.3) is 6.08 Å². The molecular weight excluding hydrogens is 500 g/mol. The molecule has 1 fully saturated rings. The second kappa shape index (κ2) is 8.90. The highest BCUT2D eigenvalue weighted by Crippen LogP contribution is 2.41. The van der Waals surface area contributed by atoms with Crippen LogP contribution < -0.4 is 11.1 Å². The van der Waals surface area contributed by atoms with E-state index in [0.717, 1.165) is 21.1 Å². The molecule has 5 N–H and O–H groups in total. The number of fused-ring (bicyclic) bond motifs is 1. The zero-order valence-corrected chi connectivity index (χ0v) is 19.0. The molecule has 0 aliphatic carbocycles. The number of anilines is 1. The minimum absolute atomic E-state index is 0.0486. The number of carboxylic acids is 1. The monoisotopic (exact) mass is 512 g/mol. The average molecular weight is 513 g/mol. The van der Waals surface area contributed by atoms with Gasteiger partial charge in [0.05, 0.1) is 0 Å². The molecule has 0 aromatic carbocycles. The van der Waals surface area contributed by atoms with Gasteiger partial charge in [0.2, 0.25) is 0 Å². The fraction of sp³-hybridized carbons (Fsp3) is 0.176. The van der Waals surface area contributed by atoms with Crippen LogP contribution in [0.5, 0.6) is 0 Å². The SMILES string of the molecule is Nc1nc(/C(=N/O)C(=O)N[C@@H]2C(=O)N3C(C(=O)O)=C(/C=C/c4ccns4)CS[C@H]23)c(Cl)s1. The highest BCUT2D eigenvalue weighted by molar-refractivity contribution is 8.00. The third-order valence-corrected chi connectivity index (χ3v) is 7.63. The van der Waals surface area contributed by atoms with E-state index in [1.165, 1.54) is 23.3 Å². The molecule has 32 heavy (non-hydrogen) atoms. The zero-order chi connectivity index (χ0) is 23.0. The Morgan fingerprint density at radius 2 is 2.19 bits per heavy atom. The highest BCUT2D eigenvalue weighted by Gasteiger charge is 2.54. The lowest BCUT2D eigenvalue weighted by Gasteiger charge is -2.49. The topological polar surface area (TPSA) is 171 Å². The van der Waals surface area contributed by atoms with Crippen molar-refractivity contribution in [1.82, 2.24) is 19.6 Å². The van der Waals surface area contributed by atoms with E-state index in [1.807, 2.05) is 0 Å². The van der Waals surface area contributed by atoms with Crippen LogP contribution in [-0.2, 0) is 14.4 Å². The van der Waals surface area contributed by atoms with E-state index in [4.69, 9.17) is 17.3 Å². The second-order valence-corrected chi connectivity index (χ2v) is 10.0. The molecule has 2 atom stereocenters. The first-order valence-electron chi connectivity index (χ1n) is 8.76. The van der Waals surface area contributed by atoms with Crippen LogP contribution in [0, 0.1) is 0 Å². The van der Waals surface area contributed by atoms with Crippen molar-refractivity contribution in [3.63, 3.8) is 0 Å².